The molecule has 3 rings (SSSR count). The van der Waals surface area contributed by atoms with E-state index in [1.165, 1.54) is 11.1 Å². The fourth-order valence-electron chi connectivity index (χ4n) is 3.73. The Morgan fingerprint density at radius 2 is 1.67 bits per heavy atom. The van der Waals surface area contributed by atoms with E-state index in [1.54, 1.807) is 0 Å². The molecule has 4 heteroatoms. The fourth-order valence-corrected chi connectivity index (χ4v) is 3.73. The first-order valence-corrected chi connectivity index (χ1v) is 9.92. The molecule has 144 valence electrons. The number of rotatable bonds is 6. The Balaban J connectivity index is 1.68. The third kappa shape index (κ3) is 4.76. The molecule has 0 unspecified atom stereocenters. The lowest BCUT2D eigenvalue weighted by molar-refractivity contribution is 0.0500. The van der Waals surface area contributed by atoms with Gasteiger partial charge in [0.25, 0.3) is 5.91 Å². The normalized spacial score (nSPS) is 17.9. The van der Waals surface area contributed by atoms with Crippen LogP contribution in [0.3, 0.4) is 0 Å². The zero-order valence-electron chi connectivity index (χ0n) is 16.4. The van der Waals surface area contributed by atoms with E-state index in [4.69, 9.17) is 0 Å². The molecule has 0 aromatic heterocycles. The van der Waals surface area contributed by atoms with Crippen LogP contribution in [0.2, 0.25) is 0 Å². The second-order valence-corrected chi connectivity index (χ2v) is 7.42. The minimum atomic E-state index is 0.0795. The second-order valence-electron chi connectivity index (χ2n) is 7.42. The predicted molar refractivity (Wildman–Crippen MR) is 110 cm³/mol. The lowest BCUT2D eigenvalue weighted by Gasteiger charge is -2.39. The molecule has 1 aliphatic rings. The van der Waals surface area contributed by atoms with Gasteiger partial charge in [0.1, 0.15) is 0 Å². The molecule has 2 aromatic rings. The molecule has 0 aliphatic carbocycles. The van der Waals surface area contributed by atoms with Crippen LogP contribution in [0, 0.1) is 0 Å². The SMILES string of the molecule is CCCc1ccc(-c2ccc(C(=O)N3CCN(C)[C@@H](CCO)C3)cc2)cc1. The van der Waals surface area contributed by atoms with Crippen molar-refractivity contribution in [1.82, 2.24) is 9.80 Å². The topological polar surface area (TPSA) is 43.8 Å². The van der Waals surface area contributed by atoms with Gasteiger partial charge in [0, 0.05) is 37.8 Å². The maximum Gasteiger partial charge on any atom is 0.253 e. The lowest BCUT2D eigenvalue weighted by Crippen LogP contribution is -2.53. The monoisotopic (exact) mass is 366 g/mol. The average Bonchev–Trinajstić information content (AvgIpc) is 2.70. The largest absolute Gasteiger partial charge is 0.396 e. The van der Waals surface area contributed by atoms with Gasteiger partial charge in [0.15, 0.2) is 0 Å². The van der Waals surface area contributed by atoms with Crippen molar-refractivity contribution in [2.45, 2.75) is 32.2 Å². The smallest absolute Gasteiger partial charge is 0.253 e. The summed E-state index contributed by atoms with van der Waals surface area (Å²) in [6, 6.07) is 16.8. The van der Waals surface area contributed by atoms with Crippen LogP contribution in [0.1, 0.15) is 35.7 Å². The van der Waals surface area contributed by atoms with Gasteiger partial charge in [-0.05, 0) is 48.7 Å². The standard InChI is InChI=1S/C23H30N2O2/c1-3-4-18-5-7-19(8-6-18)20-9-11-21(12-10-20)23(27)25-15-14-24(2)22(17-25)13-16-26/h5-12,22,26H,3-4,13-17H2,1-2H3/t22-/m0/s1. The Labute approximate surface area is 162 Å². The molecule has 2 aromatic carbocycles. The van der Waals surface area contributed by atoms with Crippen molar-refractivity contribution in [3.05, 3.63) is 59.7 Å². The van der Waals surface area contributed by atoms with Gasteiger partial charge in [0.2, 0.25) is 0 Å². The molecule has 0 radical (unpaired) electrons. The molecule has 1 atom stereocenters. The lowest BCUT2D eigenvalue weighted by atomic mass is 10.0. The number of amides is 1. The van der Waals surface area contributed by atoms with Gasteiger partial charge in [-0.15, -0.1) is 0 Å². The number of benzene rings is 2. The summed E-state index contributed by atoms with van der Waals surface area (Å²) >= 11 is 0. The molecule has 4 nitrogen and oxygen atoms in total. The van der Waals surface area contributed by atoms with Crippen molar-refractivity contribution in [2.24, 2.45) is 0 Å². The number of nitrogens with zero attached hydrogens (tertiary/aromatic N) is 2. The van der Waals surface area contributed by atoms with Gasteiger partial charge >= 0.3 is 0 Å². The Morgan fingerprint density at radius 1 is 1.04 bits per heavy atom. The summed E-state index contributed by atoms with van der Waals surface area (Å²) in [4.78, 5) is 17.0. The molecule has 0 bridgehead atoms. The number of aliphatic hydroxyl groups excluding tert-OH is 1. The maximum atomic E-state index is 12.9. The molecule has 1 heterocycles. The zero-order chi connectivity index (χ0) is 19.2. The third-order valence-electron chi connectivity index (χ3n) is 5.48. The Kier molecular flexibility index (Phi) is 6.64. The van der Waals surface area contributed by atoms with Crippen LogP contribution in [-0.2, 0) is 6.42 Å². The number of aryl methyl sites for hydroxylation is 1. The number of carbonyl (C=O) groups excluding carboxylic acids is 1. The van der Waals surface area contributed by atoms with E-state index >= 15 is 0 Å². The second kappa shape index (κ2) is 9.16. The molecule has 1 aliphatic heterocycles. The Hall–Kier alpha value is -2.17. The molecule has 0 saturated carbocycles. The van der Waals surface area contributed by atoms with E-state index in [9.17, 15) is 9.90 Å². The fraction of sp³-hybridized carbons (Fsp3) is 0.435. The van der Waals surface area contributed by atoms with E-state index in [0.29, 0.717) is 13.0 Å². The zero-order valence-corrected chi connectivity index (χ0v) is 16.4. The van der Waals surface area contributed by atoms with E-state index in [1.807, 2.05) is 29.2 Å². The van der Waals surface area contributed by atoms with Crippen molar-refractivity contribution >= 4 is 5.91 Å². The summed E-state index contributed by atoms with van der Waals surface area (Å²) < 4.78 is 0. The van der Waals surface area contributed by atoms with Crippen LogP contribution in [0.4, 0.5) is 0 Å². The highest BCUT2D eigenvalue weighted by molar-refractivity contribution is 5.94. The molecule has 27 heavy (non-hydrogen) atoms. The number of hydrogen-bond donors (Lipinski definition) is 1. The van der Waals surface area contributed by atoms with Crippen molar-refractivity contribution in [3.8, 4) is 11.1 Å². The first-order valence-electron chi connectivity index (χ1n) is 9.92. The van der Waals surface area contributed by atoms with Gasteiger partial charge in [-0.2, -0.15) is 0 Å². The minimum absolute atomic E-state index is 0.0795. The number of likely N-dealkylation sites (N-methyl/N-ethyl adjacent to an activating group) is 1. The molecule has 1 saturated heterocycles. The molecular weight excluding hydrogens is 336 g/mol. The van der Waals surface area contributed by atoms with Crippen LogP contribution in [0.15, 0.2) is 48.5 Å². The quantitative estimate of drug-likeness (QED) is 0.852. The molecular formula is C23H30N2O2. The first-order chi connectivity index (χ1) is 13.1. The van der Waals surface area contributed by atoms with E-state index in [-0.39, 0.29) is 18.6 Å². The number of hydrogen-bond acceptors (Lipinski definition) is 3. The molecule has 1 amide bonds. The summed E-state index contributed by atoms with van der Waals surface area (Å²) in [5.41, 5.74) is 4.40. The van der Waals surface area contributed by atoms with Crippen molar-refractivity contribution < 1.29 is 9.90 Å². The highest BCUT2D eigenvalue weighted by atomic mass is 16.3. The molecule has 1 fully saturated rings. The summed E-state index contributed by atoms with van der Waals surface area (Å²) in [7, 11) is 2.06. The predicted octanol–water partition coefficient (Wildman–Crippen LogP) is 3.44. The maximum absolute atomic E-state index is 12.9. The van der Waals surface area contributed by atoms with Crippen molar-refractivity contribution in [2.75, 3.05) is 33.3 Å². The van der Waals surface area contributed by atoms with Crippen LogP contribution >= 0.6 is 0 Å². The van der Waals surface area contributed by atoms with E-state index in [0.717, 1.165) is 37.1 Å². The Bertz CT molecular complexity index is 740. The average molecular weight is 367 g/mol. The van der Waals surface area contributed by atoms with Gasteiger partial charge in [-0.3, -0.25) is 9.69 Å². The van der Waals surface area contributed by atoms with Crippen LogP contribution in [-0.4, -0.2) is 60.1 Å². The first kappa shape index (κ1) is 19.6. The Morgan fingerprint density at radius 3 is 2.26 bits per heavy atom. The highest BCUT2D eigenvalue weighted by Crippen LogP contribution is 2.22. The number of carbonyl (C=O) groups is 1. The van der Waals surface area contributed by atoms with Crippen molar-refractivity contribution in [1.29, 1.82) is 0 Å². The van der Waals surface area contributed by atoms with Crippen molar-refractivity contribution in [3.63, 3.8) is 0 Å². The molecule has 0 spiro atoms. The highest BCUT2D eigenvalue weighted by Gasteiger charge is 2.27. The third-order valence-corrected chi connectivity index (χ3v) is 5.48. The van der Waals surface area contributed by atoms with Crippen LogP contribution in [0.25, 0.3) is 11.1 Å². The summed E-state index contributed by atoms with van der Waals surface area (Å²) in [6.07, 6.45) is 2.96. The number of aliphatic hydroxyl groups is 1. The van der Waals surface area contributed by atoms with Gasteiger partial charge in [-0.1, -0.05) is 49.7 Å². The summed E-state index contributed by atoms with van der Waals surface area (Å²) in [5.74, 6) is 0.0795. The van der Waals surface area contributed by atoms with Gasteiger partial charge < -0.3 is 10.0 Å². The van der Waals surface area contributed by atoms with Crippen LogP contribution in [0.5, 0.6) is 0 Å². The van der Waals surface area contributed by atoms with E-state index in [2.05, 4.69) is 43.1 Å². The summed E-state index contributed by atoms with van der Waals surface area (Å²) in [5, 5.41) is 9.23. The minimum Gasteiger partial charge on any atom is -0.396 e. The molecule has 1 N–H and O–H groups in total. The van der Waals surface area contributed by atoms with Gasteiger partial charge in [0.05, 0.1) is 0 Å². The van der Waals surface area contributed by atoms with E-state index < -0.39 is 0 Å². The van der Waals surface area contributed by atoms with Gasteiger partial charge in [-0.25, -0.2) is 0 Å². The summed E-state index contributed by atoms with van der Waals surface area (Å²) in [6.45, 7) is 4.60. The number of piperazine rings is 1. The van der Waals surface area contributed by atoms with Crippen LogP contribution < -0.4 is 0 Å².